The molecular weight excluding hydrogens is 306 g/mol. The third-order valence-electron chi connectivity index (χ3n) is 3.97. The third kappa shape index (κ3) is 4.45. The first-order chi connectivity index (χ1) is 12.4. The van der Waals surface area contributed by atoms with Gasteiger partial charge in [0.1, 0.15) is 5.75 Å². The molecule has 0 aliphatic rings. The van der Waals surface area contributed by atoms with E-state index in [-0.39, 0.29) is 6.04 Å². The fraction of sp³-hybridized carbons (Fsp3) is 0.0870. The van der Waals surface area contributed by atoms with Crippen LogP contribution >= 0.6 is 0 Å². The zero-order chi connectivity index (χ0) is 17.3. The van der Waals surface area contributed by atoms with Crippen LogP contribution in [0.15, 0.2) is 96.0 Å². The Morgan fingerprint density at radius 3 is 1.92 bits per heavy atom. The highest BCUT2D eigenvalue weighted by Gasteiger charge is 2.10. The molecule has 0 heterocycles. The lowest BCUT2D eigenvalue weighted by atomic mass is 9.99. The molecule has 25 heavy (non-hydrogen) atoms. The van der Waals surface area contributed by atoms with Crippen LogP contribution in [0.4, 0.5) is 0 Å². The van der Waals surface area contributed by atoms with Gasteiger partial charge in [0.15, 0.2) is 0 Å². The van der Waals surface area contributed by atoms with Crippen molar-refractivity contribution in [1.82, 2.24) is 0 Å². The monoisotopic (exact) mass is 327 g/mol. The predicted molar refractivity (Wildman–Crippen MR) is 105 cm³/mol. The van der Waals surface area contributed by atoms with Gasteiger partial charge in [0.25, 0.3) is 0 Å². The van der Waals surface area contributed by atoms with Crippen molar-refractivity contribution < 1.29 is 4.74 Å². The van der Waals surface area contributed by atoms with E-state index in [1.807, 2.05) is 79.0 Å². The van der Waals surface area contributed by atoms with Crippen molar-refractivity contribution in [1.29, 1.82) is 0 Å². The van der Waals surface area contributed by atoms with Crippen LogP contribution in [0.25, 0.3) is 6.08 Å². The van der Waals surface area contributed by atoms with Gasteiger partial charge in [0.2, 0.25) is 0 Å². The lowest BCUT2D eigenvalue weighted by molar-refractivity contribution is 0.414. The number of allylic oxidation sites excluding steroid dienone is 1. The third-order valence-corrected chi connectivity index (χ3v) is 3.97. The Balaban J connectivity index is 1.83. The molecule has 0 aliphatic carbocycles. The summed E-state index contributed by atoms with van der Waals surface area (Å²) in [6, 6.07) is 28.6. The van der Waals surface area contributed by atoms with E-state index in [0.29, 0.717) is 0 Å². The molecule has 0 fully saturated rings. The number of nitrogens with zero attached hydrogens (tertiary/aromatic N) is 1. The molecule has 0 saturated heterocycles. The number of hydrogen-bond donors (Lipinski definition) is 0. The Kier molecular flexibility index (Phi) is 5.78. The van der Waals surface area contributed by atoms with Crippen LogP contribution in [-0.4, -0.2) is 13.3 Å². The van der Waals surface area contributed by atoms with Crippen molar-refractivity contribution in [2.45, 2.75) is 6.04 Å². The average Bonchev–Trinajstić information content (AvgIpc) is 2.69. The van der Waals surface area contributed by atoms with E-state index < -0.39 is 0 Å². The predicted octanol–water partition coefficient (Wildman–Crippen LogP) is 5.57. The van der Waals surface area contributed by atoms with E-state index in [0.717, 1.165) is 11.3 Å². The van der Waals surface area contributed by atoms with Gasteiger partial charge in [-0.1, -0.05) is 78.9 Å². The van der Waals surface area contributed by atoms with Crippen LogP contribution in [-0.2, 0) is 0 Å². The van der Waals surface area contributed by atoms with Crippen LogP contribution in [0.1, 0.15) is 22.7 Å². The average molecular weight is 327 g/mol. The van der Waals surface area contributed by atoms with Gasteiger partial charge < -0.3 is 4.74 Å². The Labute approximate surface area is 149 Å². The normalized spacial score (nSPS) is 11.4. The van der Waals surface area contributed by atoms with E-state index in [1.165, 1.54) is 11.1 Å². The molecule has 0 aromatic heterocycles. The van der Waals surface area contributed by atoms with Gasteiger partial charge in [0, 0.05) is 11.8 Å². The minimum atomic E-state index is -0.00952. The molecule has 124 valence electrons. The van der Waals surface area contributed by atoms with Crippen LogP contribution in [0, 0.1) is 0 Å². The van der Waals surface area contributed by atoms with Crippen molar-refractivity contribution in [3.8, 4) is 5.75 Å². The Bertz CT molecular complexity index is 799. The fourth-order valence-corrected chi connectivity index (χ4v) is 2.72. The molecule has 0 spiro atoms. The molecule has 0 radical (unpaired) electrons. The quantitative estimate of drug-likeness (QED) is 0.542. The highest BCUT2D eigenvalue weighted by molar-refractivity contribution is 5.79. The summed E-state index contributed by atoms with van der Waals surface area (Å²) in [7, 11) is 1.68. The molecule has 3 aromatic carbocycles. The van der Waals surface area contributed by atoms with Gasteiger partial charge in [-0.05, 0) is 29.3 Å². The molecule has 0 atom stereocenters. The van der Waals surface area contributed by atoms with Crippen molar-refractivity contribution in [3.05, 3.63) is 108 Å². The Morgan fingerprint density at radius 2 is 1.32 bits per heavy atom. The van der Waals surface area contributed by atoms with Crippen LogP contribution in [0.5, 0.6) is 5.75 Å². The van der Waals surface area contributed by atoms with Gasteiger partial charge in [-0.15, -0.1) is 0 Å². The summed E-state index contributed by atoms with van der Waals surface area (Å²) in [5, 5.41) is 0. The van der Waals surface area contributed by atoms with Crippen molar-refractivity contribution >= 4 is 12.3 Å². The molecule has 0 unspecified atom stereocenters. The summed E-state index contributed by atoms with van der Waals surface area (Å²) < 4.78 is 5.37. The maximum atomic E-state index is 5.37. The van der Waals surface area contributed by atoms with Gasteiger partial charge in [-0.2, -0.15) is 0 Å². The number of hydrogen-bond acceptors (Lipinski definition) is 2. The first-order valence-electron chi connectivity index (χ1n) is 8.31. The van der Waals surface area contributed by atoms with E-state index in [9.17, 15) is 0 Å². The van der Waals surface area contributed by atoms with E-state index >= 15 is 0 Å². The van der Waals surface area contributed by atoms with E-state index in [4.69, 9.17) is 9.73 Å². The second kappa shape index (κ2) is 8.65. The molecule has 3 rings (SSSR count). The number of rotatable bonds is 6. The lowest BCUT2D eigenvalue weighted by Gasteiger charge is -2.13. The van der Waals surface area contributed by atoms with Crippen LogP contribution in [0.2, 0.25) is 0 Å². The number of benzene rings is 3. The van der Waals surface area contributed by atoms with Crippen LogP contribution in [0.3, 0.4) is 0 Å². The number of ether oxygens (including phenoxy) is 1. The highest BCUT2D eigenvalue weighted by atomic mass is 16.5. The molecule has 0 aliphatic heterocycles. The first kappa shape index (κ1) is 16.7. The molecule has 0 bridgehead atoms. The van der Waals surface area contributed by atoms with Gasteiger partial charge in [-0.25, -0.2) is 0 Å². The first-order valence-corrected chi connectivity index (χ1v) is 8.31. The fourth-order valence-electron chi connectivity index (χ4n) is 2.72. The Morgan fingerprint density at radius 1 is 0.760 bits per heavy atom. The van der Waals surface area contributed by atoms with Crippen molar-refractivity contribution in [2.75, 3.05) is 7.11 Å². The van der Waals surface area contributed by atoms with E-state index in [2.05, 4.69) is 24.3 Å². The smallest absolute Gasteiger partial charge is 0.126 e. The molecule has 3 aromatic rings. The maximum Gasteiger partial charge on any atom is 0.126 e. The molecule has 2 nitrogen and oxygen atoms in total. The SMILES string of the molecule is COc1ccccc1/C=C/C=NC(c1ccccc1)c1ccccc1. The summed E-state index contributed by atoms with van der Waals surface area (Å²) in [4.78, 5) is 4.78. The molecule has 0 amide bonds. The highest BCUT2D eigenvalue weighted by Crippen LogP contribution is 2.25. The largest absolute Gasteiger partial charge is 0.496 e. The second-order valence-corrected chi connectivity index (χ2v) is 5.62. The number of methoxy groups -OCH3 is 1. The minimum Gasteiger partial charge on any atom is -0.496 e. The minimum absolute atomic E-state index is 0.00952. The number of para-hydroxylation sites is 1. The van der Waals surface area contributed by atoms with Gasteiger partial charge >= 0.3 is 0 Å². The topological polar surface area (TPSA) is 21.6 Å². The number of aliphatic imine (C=N–C) groups is 1. The molecule has 2 heteroatoms. The molecule has 0 saturated carbocycles. The Hall–Kier alpha value is -3.13. The summed E-state index contributed by atoms with van der Waals surface area (Å²) >= 11 is 0. The second-order valence-electron chi connectivity index (χ2n) is 5.62. The summed E-state index contributed by atoms with van der Waals surface area (Å²) in [5.74, 6) is 0.856. The molecular formula is C23H21NO. The summed E-state index contributed by atoms with van der Waals surface area (Å²) in [6.07, 6.45) is 5.82. The summed E-state index contributed by atoms with van der Waals surface area (Å²) in [6.45, 7) is 0. The lowest BCUT2D eigenvalue weighted by Crippen LogP contribution is -1.97. The van der Waals surface area contributed by atoms with Crippen LogP contribution < -0.4 is 4.74 Å². The zero-order valence-corrected chi connectivity index (χ0v) is 14.2. The van der Waals surface area contributed by atoms with E-state index in [1.54, 1.807) is 7.11 Å². The standard InChI is InChI=1S/C23H21NO/c1-25-22-17-9-8-11-19(22)16-10-18-24-23(20-12-4-2-5-13-20)21-14-6-3-7-15-21/h2-18,23H,1H3/b16-10+,24-18?. The van der Waals surface area contributed by atoms with Gasteiger partial charge in [0.05, 0.1) is 13.2 Å². The summed E-state index contributed by atoms with van der Waals surface area (Å²) in [5.41, 5.74) is 3.39. The van der Waals surface area contributed by atoms with Crippen molar-refractivity contribution in [3.63, 3.8) is 0 Å². The van der Waals surface area contributed by atoms with Gasteiger partial charge in [-0.3, -0.25) is 4.99 Å². The zero-order valence-electron chi connectivity index (χ0n) is 14.2. The van der Waals surface area contributed by atoms with Crippen molar-refractivity contribution in [2.24, 2.45) is 4.99 Å². The molecule has 0 N–H and O–H groups in total. The maximum absolute atomic E-state index is 5.37.